The van der Waals surface area contributed by atoms with Gasteiger partial charge in [-0.15, -0.1) is 0 Å². The van der Waals surface area contributed by atoms with Crippen molar-refractivity contribution in [1.29, 1.82) is 0 Å². The van der Waals surface area contributed by atoms with Crippen molar-refractivity contribution in [2.75, 3.05) is 18.4 Å². The standard InChI is InChI=1S/C14H17F3N2O/c15-10-7-11(16)14(17)12(8-10)19-13(20)2-1-9-3-5-18-6-4-9/h7-9,18H,1-6H2,(H,19,20). The summed E-state index contributed by atoms with van der Waals surface area (Å²) in [7, 11) is 0. The van der Waals surface area contributed by atoms with Gasteiger partial charge in [0.1, 0.15) is 5.82 Å². The second kappa shape index (κ2) is 6.74. The van der Waals surface area contributed by atoms with E-state index in [-0.39, 0.29) is 6.42 Å². The highest BCUT2D eigenvalue weighted by Gasteiger charge is 2.16. The number of hydrogen-bond acceptors (Lipinski definition) is 2. The first kappa shape index (κ1) is 14.8. The zero-order valence-corrected chi connectivity index (χ0v) is 11.0. The second-order valence-electron chi connectivity index (χ2n) is 5.03. The van der Waals surface area contributed by atoms with Gasteiger partial charge in [0.15, 0.2) is 11.6 Å². The van der Waals surface area contributed by atoms with Crippen LogP contribution in [-0.2, 0) is 4.79 Å². The SMILES string of the molecule is O=C(CCC1CCNCC1)Nc1cc(F)cc(F)c1F. The summed E-state index contributed by atoms with van der Waals surface area (Å²) in [6.07, 6.45) is 2.95. The summed E-state index contributed by atoms with van der Waals surface area (Å²) in [5.41, 5.74) is -0.446. The minimum Gasteiger partial charge on any atom is -0.323 e. The molecule has 1 aromatic rings. The molecule has 1 aliphatic heterocycles. The summed E-state index contributed by atoms with van der Waals surface area (Å²) < 4.78 is 39.3. The van der Waals surface area contributed by atoms with Crippen LogP contribution < -0.4 is 10.6 Å². The topological polar surface area (TPSA) is 41.1 Å². The van der Waals surface area contributed by atoms with Gasteiger partial charge < -0.3 is 10.6 Å². The summed E-state index contributed by atoms with van der Waals surface area (Å²) in [5, 5.41) is 5.45. The second-order valence-corrected chi connectivity index (χ2v) is 5.03. The molecule has 0 radical (unpaired) electrons. The molecule has 1 heterocycles. The van der Waals surface area contributed by atoms with Crippen molar-refractivity contribution < 1.29 is 18.0 Å². The molecule has 0 aliphatic carbocycles. The molecule has 0 spiro atoms. The van der Waals surface area contributed by atoms with E-state index in [1.807, 2.05) is 0 Å². The van der Waals surface area contributed by atoms with E-state index >= 15 is 0 Å². The van der Waals surface area contributed by atoms with Crippen LogP contribution in [0.5, 0.6) is 0 Å². The highest BCUT2D eigenvalue weighted by molar-refractivity contribution is 5.90. The van der Waals surface area contributed by atoms with Crippen molar-refractivity contribution in [3.63, 3.8) is 0 Å². The molecule has 0 atom stereocenters. The maximum absolute atomic E-state index is 13.4. The Hall–Kier alpha value is -1.56. The van der Waals surface area contributed by atoms with Crippen molar-refractivity contribution in [1.82, 2.24) is 5.32 Å². The number of hydrogen-bond donors (Lipinski definition) is 2. The van der Waals surface area contributed by atoms with Gasteiger partial charge in [0, 0.05) is 18.6 Å². The number of anilines is 1. The van der Waals surface area contributed by atoms with Crippen molar-refractivity contribution in [3.8, 4) is 0 Å². The van der Waals surface area contributed by atoms with Crippen LogP contribution in [0.3, 0.4) is 0 Å². The number of halogens is 3. The lowest BCUT2D eigenvalue weighted by Crippen LogP contribution is -2.28. The van der Waals surface area contributed by atoms with Gasteiger partial charge >= 0.3 is 0 Å². The van der Waals surface area contributed by atoms with Crippen LogP contribution in [-0.4, -0.2) is 19.0 Å². The maximum atomic E-state index is 13.4. The van der Waals surface area contributed by atoms with Gasteiger partial charge in [0.2, 0.25) is 5.91 Å². The van der Waals surface area contributed by atoms with Crippen LogP contribution >= 0.6 is 0 Å². The average Bonchev–Trinajstić information content (AvgIpc) is 2.43. The molecule has 1 saturated heterocycles. The summed E-state index contributed by atoms with van der Waals surface area (Å²) in [6.45, 7) is 1.88. The van der Waals surface area contributed by atoms with Crippen molar-refractivity contribution in [2.24, 2.45) is 5.92 Å². The Morgan fingerprint density at radius 2 is 1.95 bits per heavy atom. The fraction of sp³-hybridized carbons (Fsp3) is 0.500. The van der Waals surface area contributed by atoms with E-state index in [4.69, 9.17) is 0 Å². The predicted molar refractivity (Wildman–Crippen MR) is 69.8 cm³/mol. The summed E-state index contributed by atoms with van der Waals surface area (Å²) in [5.74, 6) is -3.42. The first-order chi connectivity index (χ1) is 9.56. The van der Waals surface area contributed by atoms with Gasteiger partial charge in [0.25, 0.3) is 0 Å². The van der Waals surface area contributed by atoms with Crippen LogP contribution in [0.25, 0.3) is 0 Å². The lowest BCUT2D eigenvalue weighted by atomic mass is 9.93. The Balaban J connectivity index is 1.88. The zero-order chi connectivity index (χ0) is 14.5. The molecule has 2 rings (SSSR count). The fourth-order valence-corrected chi connectivity index (χ4v) is 2.37. The number of benzene rings is 1. The third kappa shape index (κ3) is 3.96. The van der Waals surface area contributed by atoms with Crippen LogP contribution in [0.4, 0.5) is 18.9 Å². The highest BCUT2D eigenvalue weighted by atomic mass is 19.2. The average molecular weight is 286 g/mol. The molecule has 6 heteroatoms. The van der Waals surface area contributed by atoms with Gasteiger partial charge in [-0.05, 0) is 38.3 Å². The van der Waals surface area contributed by atoms with E-state index in [1.54, 1.807) is 0 Å². The number of carbonyl (C=O) groups excluding carboxylic acids is 1. The zero-order valence-electron chi connectivity index (χ0n) is 11.0. The van der Waals surface area contributed by atoms with E-state index in [0.717, 1.165) is 32.0 Å². The third-order valence-corrected chi connectivity index (χ3v) is 3.51. The van der Waals surface area contributed by atoms with E-state index < -0.39 is 29.0 Å². The van der Waals surface area contributed by atoms with E-state index in [9.17, 15) is 18.0 Å². The summed E-state index contributed by atoms with van der Waals surface area (Å²) in [6, 6.07) is 1.22. The molecule has 0 saturated carbocycles. The fourth-order valence-electron chi connectivity index (χ4n) is 2.37. The molecule has 0 bridgehead atoms. The van der Waals surface area contributed by atoms with Gasteiger partial charge in [-0.2, -0.15) is 0 Å². The molecular formula is C14H17F3N2O. The monoisotopic (exact) mass is 286 g/mol. The van der Waals surface area contributed by atoms with Crippen LogP contribution in [0.15, 0.2) is 12.1 Å². The molecule has 3 nitrogen and oxygen atoms in total. The van der Waals surface area contributed by atoms with Crippen molar-refractivity contribution in [3.05, 3.63) is 29.6 Å². The first-order valence-electron chi connectivity index (χ1n) is 6.71. The molecular weight excluding hydrogens is 269 g/mol. The van der Waals surface area contributed by atoms with Gasteiger partial charge in [-0.25, -0.2) is 13.2 Å². The maximum Gasteiger partial charge on any atom is 0.224 e. The van der Waals surface area contributed by atoms with Crippen LogP contribution in [0.1, 0.15) is 25.7 Å². The lowest BCUT2D eigenvalue weighted by Gasteiger charge is -2.22. The van der Waals surface area contributed by atoms with E-state index in [1.165, 1.54) is 0 Å². The Morgan fingerprint density at radius 1 is 1.25 bits per heavy atom. The Labute approximate surface area is 115 Å². The van der Waals surface area contributed by atoms with Crippen LogP contribution in [0.2, 0.25) is 0 Å². The molecule has 110 valence electrons. The van der Waals surface area contributed by atoms with Crippen LogP contribution in [0, 0.1) is 23.4 Å². The van der Waals surface area contributed by atoms with E-state index in [2.05, 4.69) is 10.6 Å². The quantitative estimate of drug-likeness (QED) is 0.836. The Morgan fingerprint density at radius 3 is 2.65 bits per heavy atom. The van der Waals surface area contributed by atoms with Gasteiger partial charge in [-0.1, -0.05) is 0 Å². The number of nitrogens with one attached hydrogen (secondary N) is 2. The van der Waals surface area contributed by atoms with Crippen molar-refractivity contribution >= 4 is 11.6 Å². The molecule has 1 aliphatic rings. The molecule has 20 heavy (non-hydrogen) atoms. The summed E-state index contributed by atoms with van der Waals surface area (Å²) in [4.78, 5) is 11.7. The third-order valence-electron chi connectivity index (χ3n) is 3.51. The normalized spacial score (nSPS) is 16.1. The molecule has 1 fully saturated rings. The molecule has 2 N–H and O–H groups in total. The van der Waals surface area contributed by atoms with Gasteiger partial charge in [-0.3, -0.25) is 4.79 Å². The highest BCUT2D eigenvalue weighted by Crippen LogP contribution is 2.21. The minimum atomic E-state index is -1.31. The predicted octanol–water partition coefficient (Wildman–Crippen LogP) is 2.82. The molecule has 1 amide bonds. The lowest BCUT2D eigenvalue weighted by molar-refractivity contribution is -0.116. The number of amides is 1. The Bertz CT molecular complexity index is 488. The summed E-state index contributed by atoms with van der Waals surface area (Å²) >= 11 is 0. The number of rotatable bonds is 4. The largest absolute Gasteiger partial charge is 0.323 e. The van der Waals surface area contributed by atoms with E-state index in [0.29, 0.717) is 18.4 Å². The smallest absolute Gasteiger partial charge is 0.224 e. The Kier molecular flexibility index (Phi) is 5.00. The molecule has 0 aromatic heterocycles. The number of piperidine rings is 1. The number of carbonyl (C=O) groups is 1. The van der Waals surface area contributed by atoms with Gasteiger partial charge in [0.05, 0.1) is 5.69 Å². The minimum absolute atomic E-state index is 0.224. The molecule has 0 unspecified atom stereocenters. The van der Waals surface area contributed by atoms with Crippen molar-refractivity contribution in [2.45, 2.75) is 25.7 Å². The first-order valence-corrected chi connectivity index (χ1v) is 6.71. The molecule has 1 aromatic carbocycles.